The molecule has 1 amide bonds. The van der Waals surface area contributed by atoms with Crippen molar-refractivity contribution in [2.24, 2.45) is 0 Å². The first-order chi connectivity index (χ1) is 11.0. The minimum atomic E-state index is -1.05. The summed E-state index contributed by atoms with van der Waals surface area (Å²) in [6, 6.07) is 14.4. The molecule has 6 heteroatoms. The number of hydrogen-bond acceptors (Lipinski definition) is 3. The summed E-state index contributed by atoms with van der Waals surface area (Å²) in [4.78, 5) is 26.3. The fraction of sp³-hybridized carbons (Fsp3) is 0.0588. The number of carbonyl (C=O) groups is 2. The van der Waals surface area contributed by atoms with Gasteiger partial charge >= 0.3 is 5.97 Å². The van der Waals surface area contributed by atoms with Crippen molar-refractivity contribution >= 4 is 47.0 Å². The van der Waals surface area contributed by atoms with Crippen molar-refractivity contribution in [1.29, 1.82) is 0 Å². The van der Waals surface area contributed by atoms with E-state index in [0.717, 1.165) is 10.5 Å². The summed E-state index contributed by atoms with van der Waals surface area (Å²) in [7, 11) is 0. The molecular weight excluding hydrogens is 334 g/mol. The van der Waals surface area contributed by atoms with Gasteiger partial charge in [-0.15, -0.1) is 0 Å². The number of carboxylic acid groups (broad SMARTS) is 1. The number of nitrogens with zero attached hydrogens (tertiary/aromatic N) is 1. The number of para-hydroxylation sites is 1. The molecule has 23 heavy (non-hydrogen) atoms. The SMILES string of the molecule is O=C(O)CN1C(=O)C(=Cc2cccc(Cl)c2)Sc2ccccc21. The number of hydrogen-bond donors (Lipinski definition) is 1. The molecule has 0 fully saturated rings. The van der Waals surface area contributed by atoms with Gasteiger partial charge in [-0.2, -0.15) is 0 Å². The Morgan fingerprint density at radius 1 is 1.22 bits per heavy atom. The quantitative estimate of drug-likeness (QED) is 0.857. The van der Waals surface area contributed by atoms with E-state index in [-0.39, 0.29) is 12.5 Å². The number of fused-ring (bicyclic) bond motifs is 1. The summed E-state index contributed by atoms with van der Waals surface area (Å²) in [5, 5.41) is 9.66. The molecule has 2 aromatic rings. The normalized spacial score (nSPS) is 15.6. The Morgan fingerprint density at radius 2 is 2.00 bits per heavy atom. The highest BCUT2D eigenvalue weighted by atomic mass is 35.5. The van der Waals surface area contributed by atoms with Crippen LogP contribution < -0.4 is 4.90 Å². The number of benzene rings is 2. The third-order valence-electron chi connectivity index (χ3n) is 3.27. The summed E-state index contributed by atoms with van der Waals surface area (Å²) in [6.45, 7) is -0.372. The second-order valence-corrected chi connectivity index (χ2v) is 6.44. The average Bonchev–Trinajstić information content (AvgIpc) is 2.51. The van der Waals surface area contributed by atoms with Crippen LogP contribution in [0.25, 0.3) is 6.08 Å². The summed E-state index contributed by atoms with van der Waals surface area (Å²) in [5.41, 5.74) is 1.41. The van der Waals surface area contributed by atoms with Gasteiger partial charge in [0.05, 0.1) is 10.6 Å². The van der Waals surface area contributed by atoms with E-state index in [1.54, 1.807) is 36.4 Å². The fourth-order valence-corrected chi connectivity index (χ4v) is 3.56. The largest absolute Gasteiger partial charge is 0.480 e. The Kier molecular flexibility index (Phi) is 4.41. The van der Waals surface area contributed by atoms with E-state index in [2.05, 4.69) is 0 Å². The first-order valence-electron chi connectivity index (χ1n) is 6.82. The maximum atomic E-state index is 12.7. The molecule has 3 rings (SSSR count). The van der Waals surface area contributed by atoms with Gasteiger partial charge in [0, 0.05) is 9.92 Å². The van der Waals surface area contributed by atoms with Gasteiger partial charge in [-0.25, -0.2) is 0 Å². The van der Waals surface area contributed by atoms with Crippen molar-refractivity contribution in [3.05, 3.63) is 64.0 Å². The van der Waals surface area contributed by atoms with Gasteiger partial charge in [-0.1, -0.05) is 47.6 Å². The molecule has 0 atom stereocenters. The van der Waals surface area contributed by atoms with Crippen LogP contribution in [0.3, 0.4) is 0 Å². The summed E-state index contributed by atoms with van der Waals surface area (Å²) < 4.78 is 0. The topological polar surface area (TPSA) is 57.6 Å². The Morgan fingerprint density at radius 3 is 2.74 bits per heavy atom. The second-order valence-electron chi connectivity index (χ2n) is 4.92. The van der Waals surface area contributed by atoms with E-state index in [0.29, 0.717) is 15.6 Å². The molecule has 4 nitrogen and oxygen atoms in total. The molecule has 0 aliphatic carbocycles. The lowest BCUT2D eigenvalue weighted by Crippen LogP contribution is -2.38. The zero-order chi connectivity index (χ0) is 16.4. The smallest absolute Gasteiger partial charge is 0.323 e. The molecule has 0 saturated heterocycles. The zero-order valence-electron chi connectivity index (χ0n) is 11.9. The molecule has 2 aromatic carbocycles. The average molecular weight is 346 g/mol. The molecule has 1 aliphatic heterocycles. The van der Waals surface area contributed by atoms with Gasteiger partial charge in [0.2, 0.25) is 0 Å². The van der Waals surface area contributed by atoms with Crippen molar-refractivity contribution in [3.8, 4) is 0 Å². The Hall–Kier alpha value is -2.24. The summed E-state index contributed by atoms with van der Waals surface area (Å²) in [6.07, 6.45) is 1.73. The van der Waals surface area contributed by atoms with Gasteiger partial charge in [0.1, 0.15) is 6.54 Å². The number of carboxylic acids is 1. The van der Waals surface area contributed by atoms with E-state index in [4.69, 9.17) is 16.7 Å². The number of carbonyl (C=O) groups excluding carboxylic acids is 1. The fourth-order valence-electron chi connectivity index (χ4n) is 2.30. The number of rotatable bonds is 3. The predicted molar refractivity (Wildman–Crippen MR) is 91.7 cm³/mol. The molecule has 0 spiro atoms. The molecule has 1 N–H and O–H groups in total. The van der Waals surface area contributed by atoms with Crippen LogP contribution in [0.2, 0.25) is 5.02 Å². The minimum Gasteiger partial charge on any atom is -0.480 e. The van der Waals surface area contributed by atoms with Crippen LogP contribution in [0, 0.1) is 0 Å². The van der Waals surface area contributed by atoms with E-state index in [1.807, 2.05) is 18.2 Å². The highest BCUT2D eigenvalue weighted by Crippen LogP contribution is 2.41. The molecule has 1 heterocycles. The van der Waals surface area contributed by atoms with Crippen LogP contribution in [-0.2, 0) is 9.59 Å². The second kappa shape index (κ2) is 6.48. The maximum absolute atomic E-state index is 12.7. The van der Waals surface area contributed by atoms with Crippen LogP contribution in [0.1, 0.15) is 5.56 Å². The summed E-state index contributed by atoms with van der Waals surface area (Å²) in [5.74, 6) is -1.38. The van der Waals surface area contributed by atoms with Crippen molar-refractivity contribution in [3.63, 3.8) is 0 Å². The van der Waals surface area contributed by atoms with E-state index < -0.39 is 5.97 Å². The van der Waals surface area contributed by atoms with Crippen LogP contribution in [-0.4, -0.2) is 23.5 Å². The third-order valence-corrected chi connectivity index (χ3v) is 4.58. The minimum absolute atomic E-state index is 0.323. The lowest BCUT2D eigenvalue weighted by molar-refractivity contribution is -0.136. The van der Waals surface area contributed by atoms with Gasteiger partial charge in [0.15, 0.2) is 0 Å². The van der Waals surface area contributed by atoms with Crippen molar-refractivity contribution in [2.75, 3.05) is 11.4 Å². The predicted octanol–water partition coefficient (Wildman–Crippen LogP) is 3.90. The van der Waals surface area contributed by atoms with Crippen molar-refractivity contribution in [1.82, 2.24) is 0 Å². The van der Waals surface area contributed by atoms with Gasteiger partial charge < -0.3 is 5.11 Å². The molecule has 0 saturated carbocycles. The van der Waals surface area contributed by atoms with Crippen LogP contribution >= 0.6 is 23.4 Å². The van der Waals surface area contributed by atoms with Crippen LogP contribution in [0.4, 0.5) is 5.69 Å². The van der Waals surface area contributed by atoms with Crippen molar-refractivity contribution in [2.45, 2.75) is 4.90 Å². The molecule has 0 bridgehead atoms. The highest BCUT2D eigenvalue weighted by molar-refractivity contribution is 8.04. The maximum Gasteiger partial charge on any atom is 0.323 e. The lowest BCUT2D eigenvalue weighted by Gasteiger charge is -2.28. The number of thioether (sulfide) groups is 1. The number of amides is 1. The first kappa shape index (κ1) is 15.6. The Labute approximate surface area is 142 Å². The summed E-state index contributed by atoms with van der Waals surface area (Å²) >= 11 is 7.30. The van der Waals surface area contributed by atoms with Crippen LogP contribution in [0.15, 0.2) is 58.3 Å². The number of anilines is 1. The standard InChI is InChI=1S/C17H12ClNO3S/c18-12-5-3-4-11(8-12)9-15-17(22)19(10-16(20)21)13-6-1-2-7-14(13)23-15/h1-9H,10H2,(H,20,21). The number of aliphatic carboxylic acids is 1. The van der Waals surface area contributed by atoms with E-state index >= 15 is 0 Å². The van der Waals surface area contributed by atoms with E-state index in [9.17, 15) is 9.59 Å². The molecule has 0 unspecified atom stereocenters. The zero-order valence-corrected chi connectivity index (χ0v) is 13.5. The molecule has 1 aliphatic rings. The lowest BCUT2D eigenvalue weighted by atomic mass is 10.2. The third kappa shape index (κ3) is 3.41. The van der Waals surface area contributed by atoms with Crippen molar-refractivity contribution < 1.29 is 14.7 Å². The molecule has 116 valence electrons. The van der Waals surface area contributed by atoms with E-state index in [1.165, 1.54) is 16.7 Å². The van der Waals surface area contributed by atoms with Gasteiger partial charge in [0.25, 0.3) is 5.91 Å². The highest BCUT2D eigenvalue weighted by Gasteiger charge is 2.30. The molecule has 0 radical (unpaired) electrons. The Balaban J connectivity index is 2.04. The van der Waals surface area contributed by atoms with Crippen LogP contribution in [0.5, 0.6) is 0 Å². The Bertz CT molecular complexity index is 819. The van der Waals surface area contributed by atoms with Gasteiger partial charge in [-0.05, 0) is 35.9 Å². The first-order valence-corrected chi connectivity index (χ1v) is 8.02. The molecular formula is C17H12ClNO3S. The van der Waals surface area contributed by atoms with Gasteiger partial charge in [-0.3, -0.25) is 14.5 Å². The number of halogens is 1. The molecule has 0 aromatic heterocycles. The monoisotopic (exact) mass is 345 g/mol.